The van der Waals surface area contributed by atoms with Crippen molar-refractivity contribution in [3.8, 4) is 0 Å². The van der Waals surface area contributed by atoms with E-state index in [1.807, 2.05) is 20.8 Å². The van der Waals surface area contributed by atoms with Gasteiger partial charge < -0.3 is 15.4 Å². The Balaban J connectivity index is 1.69. The molecule has 2 aliphatic rings. The molecule has 2 rings (SSSR count). The van der Waals surface area contributed by atoms with Gasteiger partial charge in [-0.25, -0.2) is 4.79 Å². The van der Waals surface area contributed by atoms with Gasteiger partial charge in [0.1, 0.15) is 5.60 Å². The van der Waals surface area contributed by atoms with Crippen molar-refractivity contribution >= 4 is 6.09 Å². The summed E-state index contributed by atoms with van der Waals surface area (Å²) in [6.07, 6.45) is 4.63. The van der Waals surface area contributed by atoms with Crippen molar-refractivity contribution in [2.45, 2.75) is 84.0 Å². The van der Waals surface area contributed by atoms with Crippen molar-refractivity contribution in [2.75, 3.05) is 0 Å². The van der Waals surface area contributed by atoms with Crippen LogP contribution in [0.1, 0.15) is 60.3 Å². The van der Waals surface area contributed by atoms with Crippen LogP contribution in [0.25, 0.3) is 0 Å². The topological polar surface area (TPSA) is 50.4 Å². The van der Waals surface area contributed by atoms with E-state index in [2.05, 4.69) is 24.5 Å². The van der Waals surface area contributed by atoms with Crippen molar-refractivity contribution in [3.05, 3.63) is 0 Å². The maximum Gasteiger partial charge on any atom is 0.407 e. The lowest BCUT2D eigenvalue weighted by Crippen LogP contribution is -2.43. The van der Waals surface area contributed by atoms with Crippen molar-refractivity contribution in [1.29, 1.82) is 0 Å². The van der Waals surface area contributed by atoms with Crippen molar-refractivity contribution in [2.24, 2.45) is 11.8 Å². The lowest BCUT2D eigenvalue weighted by molar-refractivity contribution is 0.0521. The van der Waals surface area contributed by atoms with Crippen LogP contribution in [0.2, 0.25) is 0 Å². The number of ether oxygens (including phenoxy) is 1. The highest BCUT2D eigenvalue weighted by Gasteiger charge is 2.41. The lowest BCUT2D eigenvalue weighted by Gasteiger charge is -2.33. The summed E-state index contributed by atoms with van der Waals surface area (Å²) in [5.41, 5.74) is -0.421. The second-order valence-electron chi connectivity index (χ2n) is 7.76. The van der Waals surface area contributed by atoms with Gasteiger partial charge in [-0.3, -0.25) is 0 Å². The van der Waals surface area contributed by atoms with Gasteiger partial charge in [0.25, 0.3) is 0 Å². The fourth-order valence-electron chi connectivity index (χ4n) is 3.19. The third-order valence-corrected chi connectivity index (χ3v) is 4.35. The maximum absolute atomic E-state index is 11.7. The molecule has 2 aliphatic carbocycles. The predicted octanol–water partition coefficient (Wildman–Crippen LogP) is 3.07. The number of carbonyl (C=O) groups excluding carboxylic acids is 1. The summed E-state index contributed by atoms with van der Waals surface area (Å²) in [4.78, 5) is 11.7. The van der Waals surface area contributed by atoms with Crippen molar-refractivity contribution in [3.63, 3.8) is 0 Å². The molecule has 0 spiro atoms. The molecule has 0 aromatic rings. The molecule has 0 aromatic carbocycles. The zero-order valence-corrected chi connectivity index (χ0v) is 13.5. The van der Waals surface area contributed by atoms with E-state index in [0.717, 1.165) is 18.3 Å². The predicted molar refractivity (Wildman–Crippen MR) is 80.7 cm³/mol. The molecule has 2 saturated carbocycles. The third-order valence-electron chi connectivity index (χ3n) is 4.35. The quantitative estimate of drug-likeness (QED) is 0.836. The fourth-order valence-corrected chi connectivity index (χ4v) is 3.19. The Hall–Kier alpha value is -0.770. The largest absolute Gasteiger partial charge is 0.444 e. The van der Waals surface area contributed by atoms with E-state index in [9.17, 15) is 4.79 Å². The van der Waals surface area contributed by atoms with E-state index in [1.54, 1.807) is 0 Å². The normalized spacial score (nSPS) is 37.4. The minimum absolute atomic E-state index is 0.247. The Labute approximate surface area is 123 Å². The minimum Gasteiger partial charge on any atom is -0.444 e. The van der Waals surface area contributed by atoms with Crippen LogP contribution in [-0.4, -0.2) is 29.8 Å². The molecule has 116 valence electrons. The van der Waals surface area contributed by atoms with Crippen LogP contribution in [0.5, 0.6) is 0 Å². The van der Waals surface area contributed by atoms with Crippen LogP contribution in [0.15, 0.2) is 0 Å². The van der Waals surface area contributed by atoms with Crippen LogP contribution >= 0.6 is 0 Å². The Morgan fingerprint density at radius 1 is 1.05 bits per heavy atom. The van der Waals surface area contributed by atoms with Gasteiger partial charge in [0.2, 0.25) is 0 Å². The molecular formula is C16H30N2O2. The molecule has 2 N–H and O–H groups in total. The zero-order valence-electron chi connectivity index (χ0n) is 13.5. The lowest BCUT2D eigenvalue weighted by atomic mass is 9.80. The summed E-state index contributed by atoms with van der Waals surface area (Å²) < 4.78 is 5.28. The molecule has 2 fully saturated rings. The van der Waals surface area contributed by atoms with Crippen molar-refractivity contribution in [1.82, 2.24) is 10.6 Å². The van der Waals surface area contributed by atoms with Gasteiger partial charge in [-0.05, 0) is 58.3 Å². The van der Waals surface area contributed by atoms with Gasteiger partial charge in [0, 0.05) is 18.1 Å². The van der Waals surface area contributed by atoms with Crippen LogP contribution in [0.3, 0.4) is 0 Å². The highest BCUT2D eigenvalue weighted by Crippen LogP contribution is 2.31. The second kappa shape index (κ2) is 5.92. The highest BCUT2D eigenvalue weighted by atomic mass is 16.6. The smallest absolute Gasteiger partial charge is 0.407 e. The second-order valence-corrected chi connectivity index (χ2v) is 7.76. The zero-order chi connectivity index (χ0) is 14.9. The van der Waals surface area contributed by atoms with Crippen LogP contribution in [-0.2, 0) is 4.74 Å². The van der Waals surface area contributed by atoms with Gasteiger partial charge in [0.15, 0.2) is 0 Å². The summed E-state index contributed by atoms with van der Waals surface area (Å²) >= 11 is 0. The summed E-state index contributed by atoms with van der Waals surface area (Å²) in [6, 6.07) is 1.29. The van der Waals surface area contributed by atoms with E-state index in [4.69, 9.17) is 4.74 Å². The molecule has 0 aliphatic heterocycles. The molecule has 5 unspecified atom stereocenters. The molecule has 0 bridgehead atoms. The number of hydrogen-bond acceptors (Lipinski definition) is 3. The molecule has 4 heteroatoms. The molecule has 0 radical (unpaired) electrons. The van der Waals surface area contributed by atoms with Gasteiger partial charge in [0.05, 0.1) is 0 Å². The van der Waals surface area contributed by atoms with E-state index in [-0.39, 0.29) is 12.1 Å². The first-order chi connectivity index (χ1) is 9.24. The van der Waals surface area contributed by atoms with E-state index >= 15 is 0 Å². The highest BCUT2D eigenvalue weighted by molar-refractivity contribution is 5.68. The fraction of sp³-hybridized carbons (Fsp3) is 0.938. The summed E-state index contributed by atoms with van der Waals surface area (Å²) in [5, 5.41) is 6.66. The van der Waals surface area contributed by atoms with Gasteiger partial charge in [-0.2, -0.15) is 0 Å². The molecule has 1 amide bonds. The molecular weight excluding hydrogens is 252 g/mol. The standard InChI is InChI=1S/C16H30N2O2/c1-10-6-7-12(11(2)8-10)17-13-9-14(13)18-15(19)20-16(3,4)5/h10-14,17H,6-9H2,1-5H3,(H,18,19). The average molecular weight is 282 g/mol. The van der Waals surface area contributed by atoms with Crippen LogP contribution < -0.4 is 10.6 Å². The maximum atomic E-state index is 11.7. The number of rotatable bonds is 3. The summed E-state index contributed by atoms with van der Waals surface area (Å²) in [7, 11) is 0. The minimum atomic E-state index is -0.421. The van der Waals surface area contributed by atoms with Crippen molar-refractivity contribution < 1.29 is 9.53 Å². The molecule has 0 saturated heterocycles. The number of hydrogen-bond donors (Lipinski definition) is 2. The Morgan fingerprint density at radius 3 is 2.35 bits per heavy atom. The van der Waals surface area contributed by atoms with Crippen LogP contribution in [0.4, 0.5) is 4.79 Å². The number of carbonyl (C=O) groups is 1. The molecule has 20 heavy (non-hydrogen) atoms. The monoisotopic (exact) mass is 282 g/mol. The van der Waals surface area contributed by atoms with E-state index < -0.39 is 5.60 Å². The summed E-state index contributed by atoms with van der Waals surface area (Å²) in [5.74, 6) is 1.60. The van der Waals surface area contributed by atoms with Gasteiger partial charge in [-0.1, -0.05) is 13.8 Å². The summed E-state index contributed by atoms with van der Waals surface area (Å²) in [6.45, 7) is 10.4. The number of amides is 1. The van der Waals surface area contributed by atoms with E-state index in [1.165, 1.54) is 19.3 Å². The molecule has 5 atom stereocenters. The average Bonchev–Trinajstić information content (AvgIpc) is 2.97. The first-order valence-electron chi connectivity index (χ1n) is 8.00. The molecule has 4 nitrogen and oxygen atoms in total. The first kappa shape index (κ1) is 15.6. The number of nitrogens with one attached hydrogen (secondary N) is 2. The van der Waals surface area contributed by atoms with Crippen LogP contribution in [0, 0.1) is 11.8 Å². The van der Waals surface area contributed by atoms with Gasteiger partial charge in [-0.15, -0.1) is 0 Å². The Morgan fingerprint density at radius 2 is 1.75 bits per heavy atom. The Kier molecular flexibility index (Phi) is 4.62. The first-order valence-corrected chi connectivity index (χ1v) is 8.00. The Bertz CT molecular complexity index is 351. The SMILES string of the molecule is CC1CCC(NC2CC2NC(=O)OC(C)(C)C)C(C)C1. The molecule has 0 heterocycles. The molecule has 0 aromatic heterocycles. The van der Waals surface area contributed by atoms with Gasteiger partial charge >= 0.3 is 6.09 Å². The number of alkyl carbamates (subject to hydrolysis) is 1. The third kappa shape index (κ3) is 4.65. The van der Waals surface area contributed by atoms with E-state index in [0.29, 0.717) is 12.1 Å².